The normalized spacial score (nSPS) is 25.9. The quantitative estimate of drug-likeness (QED) is 0.609. The van der Waals surface area contributed by atoms with Gasteiger partial charge in [-0.05, 0) is 31.6 Å². The maximum atomic E-state index is 5.68. The molecule has 0 aromatic rings. The molecule has 2 atom stereocenters. The summed E-state index contributed by atoms with van der Waals surface area (Å²) in [4.78, 5) is 0. The largest absolute Gasteiger partial charge is 0.378 e. The van der Waals surface area contributed by atoms with Gasteiger partial charge in [0.25, 0.3) is 0 Å². The fourth-order valence-corrected chi connectivity index (χ4v) is 1.79. The summed E-state index contributed by atoms with van der Waals surface area (Å²) >= 11 is 0. The van der Waals surface area contributed by atoms with Gasteiger partial charge in [0.05, 0.1) is 6.10 Å². The Morgan fingerprint density at radius 1 is 1.55 bits per heavy atom. The molecule has 0 saturated carbocycles. The zero-order valence-corrected chi connectivity index (χ0v) is 7.51. The van der Waals surface area contributed by atoms with Crippen LogP contribution in [0.5, 0.6) is 0 Å². The zero-order chi connectivity index (χ0) is 8.10. The smallest absolute Gasteiger partial charge is 0.0603 e. The standard InChI is InChI=1S/C10H19O/c1-3-9(4-2)10-7-5-6-8-11-10/h9-10H,1,3-8H2,2H3. The Bertz CT molecular complexity index is 91.0. The number of hydrogen-bond donors (Lipinski definition) is 0. The lowest BCUT2D eigenvalue weighted by molar-refractivity contribution is -0.0213. The first-order chi connectivity index (χ1) is 5.38. The Morgan fingerprint density at radius 2 is 2.36 bits per heavy atom. The van der Waals surface area contributed by atoms with Crippen LogP contribution in [0.1, 0.15) is 39.0 Å². The average molecular weight is 155 g/mol. The molecule has 11 heavy (non-hydrogen) atoms. The first-order valence-electron chi connectivity index (χ1n) is 4.79. The highest BCUT2D eigenvalue weighted by molar-refractivity contribution is 4.73. The van der Waals surface area contributed by atoms with Crippen LogP contribution in [0.4, 0.5) is 0 Å². The topological polar surface area (TPSA) is 9.23 Å². The van der Waals surface area contributed by atoms with Crippen molar-refractivity contribution >= 4 is 0 Å². The summed E-state index contributed by atoms with van der Waals surface area (Å²) in [5, 5.41) is 0. The van der Waals surface area contributed by atoms with Gasteiger partial charge >= 0.3 is 0 Å². The van der Waals surface area contributed by atoms with Gasteiger partial charge in [-0.1, -0.05) is 20.3 Å². The van der Waals surface area contributed by atoms with Crippen LogP contribution in [0.3, 0.4) is 0 Å². The predicted octanol–water partition coefficient (Wildman–Crippen LogP) is 2.81. The van der Waals surface area contributed by atoms with Gasteiger partial charge in [-0.3, -0.25) is 0 Å². The summed E-state index contributed by atoms with van der Waals surface area (Å²) in [6, 6.07) is 0. The molecule has 1 heteroatoms. The molecule has 65 valence electrons. The van der Waals surface area contributed by atoms with E-state index in [0.29, 0.717) is 12.0 Å². The Kier molecular flexibility index (Phi) is 3.92. The Balaban J connectivity index is 2.30. The zero-order valence-electron chi connectivity index (χ0n) is 7.51. The predicted molar refractivity (Wildman–Crippen MR) is 47.3 cm³/mol. The van der Waals surface area contributed by atoms with Gasteiger partial charge in [-0.2, -0.15) is 0 Å². The molecule has 0 spiro atoms. The maximum Gasteiger partial charge on any atom is 0.0603 e. The highest BCUT2D eigenvalue weighted by Gasteiger charge is 2.21. The summed E-state index contributed by atoms with van der Waals surface area (Å²) in [5.41, 5.74) is 0. The van der Waals surface area contributed by atoms with E-state index in [1.807, 2.05) is 0 Å². The molecule has 0 aromatic carbocycles. The Morgan fingerprint density at radius 3 is 2.82 bits per heavy atom. The van der Waals surface area contributed by atoms with Crippen molar-refractivity contribution in [3.05, 3.63) is 6.92 Å². The van der Waals surface area contributed by atoms with Gasteiger partial charge in [0, 0.05) is 6.61 Å². The van der Waals surface area contributed by atoms with Crippen molar-refractivity contribution in [3.8, 4) is 0 Å². The third-order valence-corrected chi connectivity index (χ3v) is 2.64. The Labute approximate surface area is 70.1 Å². The molecule has 1 aliphatic rings. The van der Waals surface area contributed by atoms with Crippen molar-refractivity contribution in [1.29, 1.82) is 0 Å². The van der Waals surface area contributed by atoms with Gasteiger partial charge in [-0.25, -0.2) is 0 Å². The number of ether oxygens (including phenoxy) is 1. The molecule has 1 radical (unpaired) electrons. The lowest BCUT2D eigenvalue weighted by Gasteiger charge is -2.28. The van der Waals surface area contributed by atoms with E-state index in [1.54, 1.807) is 0 Å². The summed E-state index contributed by atoms with van der Waals surface area (Å²) in [7, 11) is 0. The molecule has 0 aliphatic carbocycles. The molecule has 0 N–H and O–H groups in total. The molecular formula is C10H19O. The van der Waals surface area contributed by atoms with Crippen molar-refractivity contribution < 1.29 is 4.74 Å². The second-order valence-electron chi connectivity index (χ2n) is 3.36. The number of hydrogen-bond acceptors (Lipinski definition) is 1. The van der Waals surface area contributed by atoms with E-state index >= 15 is 0 Å². The van der Waals surface area contributed by atoms with Crippen molar-refractivity contribution in [2.24, 2.45) is 5.92 Å². The minimum absolute atomic E-state index is 0.520. The van der Waals surface area contributed by atoms with Gasteiger partial charge < -0.3 is 4.74 Å². The van der Waals surface area contributed by atoms with Crippen LogP contribution in [0.2, 0.25) is 0 Å². The van der Waals surface area contributed by atoms with Gasteiger partial charge in [0.15, 0.2) is 0 Å². The third kappa shape index (κ3) is 2.48. The molecule has 0 bridgehead atoms. The summed E-state index contributed by atoms with van der Waals surface area (Å²) < 4.78 is 5.68. The molecule has 1 nitrogen and oxygen atoms in total. The highest BCUT2D eigenvalue weighted by atomic mass is 16.5. The van der Waals surface area contributed by atoms with E-state index in [1.165, 1.54) is 25.7 Å². The van der Waals surface area contributed by atoms with Crippen LogP contribution < -0.4 is 0 Å². The Hall–Kier alpha value is -0.0400. The van der Waals surface area contributed by atoms with Crippen LogP contribution in [0.25, 0.3) is 0 Å². The van der Waals surface area contributed by atoms with E-state index in [2.05, 4.69) is 13.8 Å². The van der Waals surface area contributed by atoms with Crippen LogP contribution in [0.15, 0.2) is 0 Å². The van der Waals surface area contributed by atoms with E-state index in [0.717, 1.165) is 13.0 Å². The SMILES string of the molecule is [CH2]CC(CC)C1CCCCO1. The fourth-order valence-electron chi connectivity index (χ4n) is 1.79. The van der Waals surface area contributed by atoms with E-state index < -0.39 is 0 Å². The molecular weight excluding hydrogens is 136 g/mol. The summed E-state index contributed by atoms with van der Waals surface area (Å²) in [6.45, 7) is 7.16. The molecule has 1 rings (SSSR count). The van der Waals surface area contributed by atoms with Crippen molar-refractivity contribution in [2.75, 3.05) is 6.61 Å². The molecule has 0 aromatic heterocycles. The third-order valence-electron chi connectivity index (χ3n) is 2.64. The van der Waals surface area contributed by atoms with Gasteiger partial charge in [0.2, 0.25) is 0 Å². The van der Waals surface area contributed by atoms with Gasteiger partial charge in [0.1, 0.15) is 0 Å². The highest BCUT2D eigenvalue weighted by Crippen LogP contribution is 2.24. The molecule has 2 unspecified atom stereocenters. The van der Waals surface area contributed by atoms with Crippen LogP contribution in [-0.2, 0) is 4.74 Å². The van der Waals surface area contributed by atoms with Crippen LogP contribution >= 0.6 is 0 Å². The molecule has 1 saturated heterocycles. The van der Waals surface area contributed by atoms with Crippen molar-refractivity contribution in [2.45, 2.75) is 45.1 Å². The molecule has 0 amide bonds. The van der Waals surface area contributed by atoms with Crippen molar-refractivity contribution in [1.82, 2.24) is 0 Å². The summed E-state index contributed by atoms with van der Waals surface area (Å²) in [5.74, 6) is 0.704. The first kappa shape index (κ1) is 9.05. The fraction of sp³-hybridized carbons (Fsp3) is 0.900. The van der Waals surface area contributed by atoms with Crippen LogP contribution in [-0.4, -0.2) is 12.7 Å². The number of rotatable bonds is 3. The minimum Gasteiger partial charge on any atom is -0.378 e. The van der Waals surface area contributed by atoms with E-state index in [9.17, 15) is 0 Å². The maximum absolute atomic E-state index is 5.68. The van der Waals surface area contributed by atoms with E-state index in [4.69, 9.17) is 4.74 Å². The average Bonchev–Trinajstić information content (AvgIpc) is 2.09. The lowest BCUT2D eigenvalue weighted by atomic mass is 9.91. The van der Waals surface area contributed by atoms with Crippen LogP contribution in [0, 0.1) is 12.8 Å². The molecule has 1 heterocycles. The van der Waals surface area contributed by atoms with E-state index in [-0.39, 0.29) is 0 Å². The monoisotopic (exact) mass is 155 g/mol. The molecule has 1 aliphatic heterocycles. The second-order valence-corrected chi connectivity index (χ2v) is 3.36. The van der Waals surface area contributed by atoms with Gasteiger partial charge in [-0.15, -0.1) is 0 Å². The summed E-state index contributed by atoms with van der Waals surface area (Å²) in [6.07, 6.45) is 6.63. The second kappa shape index (κ2) is 4.76. The minimum atomic E-state index is 0.520. The first-order valence-corrected chi connectivity index (χ1v) is 4.79. The van der Waals surface area contributed by atoms with Crippen molar-refractivity contribution in [3.63, 3.8) is 0 Å². The lowest BCUT2D eigenvalue weighted by Crippen LogP contribution is -2.27. The molecule has 1 fully saturated rings.